The number of nitrogens with zero attached hydrogens (tertiary/aromatic N) is 1. The van der Waals surface area contributed by atoms with Crippen LogP contribution in [0.1, 0.15) is 21.7 Å². The molecule has 3 N–H and O–H groups in total. The number of phenolic OH excluding ortho intramolecular Hbond substituents is 1. The van der Waals surface area contributed by atoms with E-state index in [0.717, 1.165) is 5.56 Å². The Morgan fingerprint density at radius 3 is 3.00 bits per heavy atom. The number of hydrogen-bond donors (Lipinski definition) is 3. The summed E-state index contributed by atoms with van der Waals surface area (Å²) in [5.41, 5.74) is 1.17. The van der Waals surface area contributed by atoms with E-state index in [4.69, 9.17) is 0 Å². The molecular formula is C12H13N3O2. The fourth-order valence-electron chi connectivity index (χ4n) is 1.41. The molecule has 1 aromatic carbocycles. The van der Waals surface area contributed by atoms with Gasteiger partial charge in [0.25, 0.3) is 5.91 Å². The Balaban J connectivity index is 2.02. The molecule has 1 aromatic heterocycles. The van der Waals surface area contributed by atoms with Crippen LogP contribution >= 0.6 is 0 Å². The lowest BCUT2D eigenvalue weighted by Crippen LogP contribution is -2.23. The number of carbonyl (C=O) groups excluding carboxylic acids is 1. The predicted octanol–water partition coefficient (Wildman–Crippen LogP) is 1.35. The van der Waals surface area contributed by atoms with Gasteiger partial charge in [0.2, 0.25) is 0 Å². The maximum Gasteiger partial charge on any atom is 0.251 e. The van der Waals surface area contributed by atoms with Gasteiger partial charge in [-0.1, -0.05) is 6.07 Å². The van der Waals surface area contributed by atoms with Crippen LogP contribution in [0.4, 0.5) is 0 Å². The third kappa shape index (κ3) is 2.63. The molecule has 2 aromatic rings. The van der Waals surface area contributed by atoms with Gasteiger partial charge in [-0.05, 0) is 24.6 Å². The maximum absolute atomic E-state index is 11.7. The molecule has 0 aliphatic rings. The molecule has 2 rings (SSSR count). The molecule has 1 amide bonds. The van der Waals surface area contributed by atoms with Crippen molar-refractivity contribution in [3.05, 3.63) is 47.5 Å². The molecule has 88 valence electrons. The Kier molecular flexibility index (Phi) is 3.09. The second-order valence-corrected chi connectivity index (χ2v) is 3.72. The smallest absolute Gasteiger partial charge is 0.251 e. The molecule has 0 fully saturated rings. The zero-order chi connectivity index (χ0) is 12.3. The summed E-state index contributed by atoms with van der Waals surface area (Å²) in [6.45, 7) is 2.11. The van der Waals surface area contributed by atoms with Crippen LogP contribution in [0.3, 0.4) is 0 Å². The van der Waals surface area contributed by atoms with Crippen LogP contribution in [0.25, 0.3) is 0 Å². The number of benzene rings is 1. The fourth-order valence-corrected chi connectivity index (χ4v) is 1.41. The summed E-state index contributed by atoms with van der Waals surface area (Å²) in [7, 11) is 0. The molecule has 0 bridgehead atoms. The lowest BCUT2D eigenvalue weighted by molar-refractivity contribution is 0.0949. The number of aryl methyl sites for hydroxylation is 1. The first-order valence-corrected chi connectivity index (χ1v) is 5.23. The molecule has 0 spiro atoms. The number of rotatable bonds is 3. The van der Waals surface area contributed by atoms with Gasteiger partial charge >= 0.3 is 0 Å². The molecule has 0 saturated carbocycles. The Morgan fingerprint density at radius 1 is 1.53 bits per heavy atom. The number of hydrogen-bond acceptors (Lipinski definition) is 3. The first-order chi connectivity index (χ1) is 8.16. The molecule has 5 nitrogen and oxygen atoms in total. The van der Waals surface area contributed by atoms with Gasteiger partial charge in [0.05, 0.1) is 6.54 Å². The van der Waals surface area contributed by atoms with Gasteiger partial charge in [-0.3, -0.25) is 4.79 Å². The van der Waals surface area contributed by atoms with Crippen molar-refractivity contribution in [1.82, 2.24) is 15.3 Å². The van der Waals surface area contributed by atoms with Crippen molar-refractivity contribution in [2.45, 2.75) is 13.5 Å². The summed E-state index contributed by atoms with van der Waals surface area (Å²) in [5.74, 6) is 0.571. The zero-order valence-electron chi connectivity index (χ0n) is 9.40. The summed E-state index contributed by atoms with van der Waals surface area (Å²) < 4.78 is 0. The van der Waals surface area contributed by atoms with Gasteiger partial charge in [0.15, 0.2) is 0 Å². The van der Waals surface area contributed by atoms with Gasteiger partial charge in [-0.25, -0.2) is 4.98 Å². The Morgan fingerprint density at radius 2 is 2.35 bits per heavy atom. The maximum atomic E-state index is 11.7. The molecule has 17 heavy (non-hydrogen) atoms. The van der Waals surface area contributed by atoms with Crippen LogP contribution in [-0.2, 0) is 6.54 Å². The molecule has 0 atom stereocenters. The molecule has 0 aliphatic heterocycles. The van der Waals surface area contributed by atoms with E-state index < -0.39 is 0 Å². The van der Waals surface area contributed by atoms with Crippen LogP contribution in [0.15, 0.2) is 30.6 Å². The Labute approximate surface area is 98.5 Å². The number of aromatic hydroxyl groups is 1. The van der Waals surface area contributed by atoms with E-state index in [-0.39, 0.29) is 11.7 Å². The SMILES string of the molecule is Cc1ccc(C(=O)NCc2ncc[nH]2)cc1O. The summed E-state index contributed by atoms with van der Waals surface area (Å²) in [6.07, 6.45) is 3.32. The van der Waals surface area contributed by atoms with E-state index in [0.29, 0.717) is 17.9 Å². The van der Waals surface area contributed by atoms with Crippen LogP contribution in [0.5, 0.6) is 5.75 Å². The van der Waals surface area contributed by atoms with Crippen molar-refractivity contribution in [3.8, 4) is 5.75 Å². The number of H-pyrrole nitrogens is 1. The van der Waals surface area contributed by atoms with E-state index in [1.165, 1.54) is 6.07 Å². The molecule has 0 unspecified atom stereocenters. The molecule has 0 aliphatic carbocycles. The highest BCUT2D eigenvalue weighted by Crippen LogP contribution is 2.17. The van der Waals surface area contributed by atoms with Gasteiger partial charge in [-0.2, -0.15) is 0 Å². The second kappa shape index (κ2) is 4.69. The van der Waals surface area contributed by atoms with Crippen LogP contribution in [0, 0.1) is 6.92 Å². The van der Waals surface area contributed by atoms with E-state index >= 15 is 0 Å². The number of carbonyl (C=O) groups is 1. The van der Waals surface area contributed by atoms with Crippen molar-refractivity contribution in [1.29, 1.82) is 0 Å². The molecular weight excluding hydrogens is 218 g/mol. The summed E-state index contributed by atoms with van der Waals surface area (Å²) >= 11 is 0. The van der Waals surface area contributed by atoms with Crippen LogP contribution in [-0.4, -0.2) is 21.0 Å². The lowest BCUT2D eigenvalue weighted by atomic mass is 10.1. The molecule has 0 radical (unpaired) electrons. The topological polar surface area (TPSA) is 78.0 Å². The number of aromatic amines is 1. The average molecular weight is 231 g/mol. The Hall–Kier alpha value is -2.30. The van der Waals surface area contributed by atoms with Crippen molar-refractivity contribution >= 4 is 5.91 Å². The number of imidazole rings is 1. The normalized spacial score (nSPS) is 10.2. The van der Waals surface area contributed by atoms with E-state index in [1.807, 2.05) is 0 Å². The van der Waals surface area contributed by atoms with Crippen molar-refractivity contribution in [2.24, 2.45) is 0 Å². The average Bonchev–Trinajstić information content (AvgIpc) is 2.82. The van der Waals surface area contributed by atoms with E-state index in [9.17, 15) is 9.90 Å². The van der Waals surface area contributed by atoms with E-state index in [1.54, 1.807) is 31.5 Å². The highest BCUT2D eigenvalue weighted by Gasteiger charge is 2.07. The number of amides is 1. The highest BCUT2D eigenvalue weighted by atomic mass is 16.3. The minimum absolute atomic E-state index is 0.121. The van der Waals surface area contributed by atoms with E-state index in [2.05, 4.69) is 15.3 Å². The van der Waals surface area contributed by atoms with Crippen molar-refractivity contribution in [3.63, 3.8) is 0 Å². The zero-order valence-corrected chi connectivity index (χ0v) is 9.40. The number of aromatic nitrogens is 2. The van der Waals surface area contributed by atoms with Gasteiger partial charge in [0, 0.05) is 18.0 Å². The quantitative estimate of drug-likeness (QED) is 0.746. The number of nitrogens with one attached hydrogen (secondary N) is 2. The second-order valence-electron chi connectivity index (χ2n) is 3.72. The highest BCUT2D eigenvalue weighted by molar-refractivity contribution is 5.94. The van der Waals surface area contributed by atoms with Crippen molar-refractivity contribution < 1.29 is 9.90 Å². The molecule has 5 heteroatoms. The first-order valence-electron chi connectivity index (χ1n) is 5.23. The van der Waals surface area contributed by atoms with Gasteiger partial charge in [0.1, 0.15) is 11.6 Å². The van der Waals surface area contributed by atoms with Crippen molar-refractivity contribution in [2.75, 3.05) is 0 Å². The van der Waals surface area contributed by atoms with Gasteiger partial charge < -0.3 is 15.4 Å². The standard InChI is InChI=1S/C12H13N3O2/c1-8-2-3-9(6-10(8)16)12(17)15-7-11-13-4-5-14-11/h2-6,16H,7H2,1H3,(H,13,14)(H,15,17). The predicted molar refractivity (Wildman–Crippen MR) is 62.6 cm³/mol. The number of phenols is 1. The Bertz CT molecular complexity index is 521. The largest absolute Gasteiger partial charge is 0.508 e. The monoisotopic (exact) mass is 231 g/mol. The van der Waals surface area contributed by atoms with Crippen LogP contribution < -0.4 is 5.32 Å². The van der Waals surface area contributed by atoms with Gasteiger partial charge in [-0.15, -0.1) is 0 Å². The van der Waals surface area contributed by atoms with Crippen LogP contribution in [0.2, 0.25) is 0 Å². The summed E-state index contributed by atoms with van der Waals surface area (Å²) in [4.78, 5) is 18.6. The first kappa shape index (κ1) is 11.2. The fraction of sp³-hybridized carbons (Fsp3) is 0.167. The minimum atomic E-state index is -0.239. The molecule has 1 heterocycles. The third-order valence-corrected chi connectivity index (χ3v) is 2.44. The minimum Gasteiger partial charge on any atom is -0.508 e. The summed E-state index contributed by atoms with van der Waals surface area (Å²) in [6, 6.07) is 4.83. The lowest BCUT2D eigenvalue weighted by Gasteiger charge is -2.05. The molecule has 0 saturated heterocycles. The summed E-state index contributed by atoms with van der Waals surface area (Å²) in [5, 5.41) is 12.2. The third-order valence-electron chi connectivity index (χ3n) is 2.44.